The molecule has 0 saturated heterocycles. The highest BCUT2D eigenvalue weighted by molar-refractivity contribution is 5.93. The summed E-state index contributed by atoms with van der Waals surface area (Å²) in [7, 11) is 0. The molecule has 3 unspecified atom stereocenters. The highest BCUT2D eigenvalue weighted by atomic mass is 16.6. The van der Waals surface area contributed by atoms with E-state index < -0.39 is 29.7 Å². The van der Waals surface area contributed by atoms with Crippen LogP contribution in [0.1, 0.15) is 83.2 Å². The molecule has 3 atom stereocenters. The number of benzene rings is 2. The SMILES string of the molecule is CCC(C)N(C(=O)C(Cc1ccc(O)cc1)NC(=O)OC(C)(C)C)C(C(=O)NC(C)C)c1cc(C)ccc1C. The van der Waals surface area contributed by atoms with Gasteiger partial charge in [-0.2, -0.15) is 0 Å². The van der Waals surface area contributed by atoms with E-state index in [1.165, 1.54) is 12.1 Å². The predicted octanol–water partition coefficient (Wildman–Crippen LogP) is 5.34. The maximum Gasteiger partial charge on any atom is 0.408 e. The molecule has 0 saturated carbocycles. The van der Waals surface area contributed by atoms with Crippen molar-refractivity contribution in [2.75, 3.05) is 0 Å². The van der Waals surface area contributed by atoms with E-state index in [2.05, 4.69) is 10.6 Å². The van der Waals surface area contributed by atoms with E-state index in [1.807, 2.05) is 59.7 Å². The molecule has 0 aliphatic heterocycles. The predicted molar refractivity (Wildman–Crippen MR) is 154 cm³/mol. The van der Waals surface area contributed by atoms with Crippen molar-refractivity contribution in [3.05, 3.63) is 64.7 Å². The zero-order chi connectivity index (χ0) is 29.5. The topological polar surface area (TPSA) is 108 Å². The Morgan fingerprint density at radius 2 is 1.59 bits per heavy atom. The summed E-state index contributed by atoms with van der Waals surface area (Å²) in [5.41, 5.74) is 2.58. The van der Waals surface area contributed by atoms with E-state index >= 15 is 0 Å². The average Bonchev–Trinajstić information content (AvgIpc) is 2.82. The molecule has 0 heterocycles. The Morgan fingerprint density at radius 3 is 2.13 bits per heavy atom. The van der Waals surface area contributed by atoms with Crippen molar-refractivity contribution in [2.24, 2.45) is 0 Å². The molecule has 8 heteroatoms. The van der Waals surface area contributed by atoms with Gasteiger partial charge in [-0.15, -0.1) is 0 Å². The summed E-state index contributed by atoms with van der Waals surface area (Å²) in [6.45, 7) is 16.8. The minimum absolute atomic E-state index is 0.100. The summed E-state index contributed by atoms with van der Waals surface area (Å²) >= 11 is 0. The molecule has 39 heavy (non-hydrogen) atoms. The molecule has 214 valence electrons. The number of nitrogens with one attached hydrogen (secondary N) is 2. The highest BCUT2D eigenvalue weighted by Gasteiger charge is 2.39. The first-order valence-corrected chi connectivity index (χ1v) is 13.6. The fourth-order valence-corrected chi connectivity index (χ4v) is 4.33. The number of amides is 3. The maximum atomic E-state index is 14.4. The molecule has 0 spiro atoms. The van der Waals surface area contributed by atoms with Crippen LogP contribution < -0.4 is 10.6 Å². The molecular formula is C31H45N3O5. The average molecular weight is 540 g/mol. The van der Waals surface area contributed by atoms with E-state index in [0.717, 1.165) is 22.3 Å². The minimum Gasteiger partial charge on any atom is -0.508 e. The van der Waals surface area contributed by atoms with Crippen LogP contribution in [0, 0.1) is 13.8 Å². The van der Waals surface area contributed by atoms with Gasteiger partial charge in [-0.25, -0.2) is 4.79 Å². The molecule has 3 N–H and O–H groups in total. The summed E-state index contributed by atoms with van der Waals surface area (Å²) in [5.74, 6) is -0.579. The second kappa shape index (κ2) is 13.5. The first-order chi connectivity index (χ1) is 18.1. The molecule has 8 nitrogen and oxygen atoms in total. The van der Waals surface area contributed by atoms with Gasteiger partial charge in [0.25, 0.3) is 0 Å². The van der Waals surface area contributed by atoms with E-state index in [9.17, 15) is 19.5 Å². The van der Waals surface area contributed by atoms with Gasteiger partial charge >= 0.3 is 6.09 Å². The second-order valence-electron chi connectivity index (χ2n) is 11.5. The summed E-state index contributed by atoms with van der Waals surface area (Å²) < 4.78 is 5.48. The van der Waals surface area contributed by atoms with Gasteiger partial charge in [0.15, 0.2) is 0 Å². The second-order valence-corrected chi connectivity index (χ2v) is 11.5. The molecule has 2 aromatic rings. The zero-order valence-corrected chi connectivity index (χ0v) is 24.8. The van der Waals surface area contributed by atoms with Gasteiger partial charge < -0.3 is 25.4 Å². The van der Waals surface area contributed by atoms with Gasteiger partial charge in [0, 0.05) is 18.5 Å². The van der Waals surface area contributed by atoms with Gasteiger partial charge in [-0.1, -0.05) is 42.8 Å². The Morgan fingerprint density at radius 1 is 0.974 bits per heavy atom. The summed E-state index contributed by atoms with van der Waals surface area (Å²) in [5, 5.41) is 15.5. The lowest BCUT2D eigenvalue weighted by Gasteiger charge is -2.39. The fourth-order valence-electron chi connectivity index (χ4n) is 4.33. The molecule has 0 aromatic heterocycles. The highest BCUT2D eigenvalue weighted by Crippen LogP contribution is 2.30. The van der Waals surface area contributed by atoms with Crippen molar-refractivity contribution >= 4 is 17.9 Å². The van der Waals surface area contributed by atoms with Gasteiger partial charge in [-0.05, 0) is 90.6 Å². The summed E-state index contributed by atoms with van der Waals surface area (Å²) in [4.78, 5) is 42.7. The third-order valence-electron chi connectivity index (χ3n) is 6.37. The van der Waals surface area contributed by atoms with Crippen molar-refractivity contribution < 1.29 is 24.2 Å². The minimum atomic E-state index is -1.02. The van der Waals surface area contributed by atoms with Gasteiger partial charge in [0.1, 0.15) is 23.4 Å². The van der Waals surface area contributed by atoms with Crippen LogP contribution in [0.25, 0.3) is 0 Å². The number of hydrogen-bond acceptors (Lipinski definition) is 5. The number of ether oxygens (including phenoxy) is 1. The number of alkyl carbamates (subject to hydrolysis) is 1. The van der Waals surface area contributed by atoms with Crippen LogP contribution in [0.15, 0.2) is 42.5 Å². The van der Waals surface area contributed by atoms with Crippen molar-refractivity contribution in [1.82, 2.24) is 15.5 Å². The van der Waals surface area contributed by atoms with Gasteiger partial charge in [0.05, 0.1) is 0 Å². The molecule has 0 bridgehead atoms. The van der Waals surface area contributed by atoms with Crippen molar-refractivity contribution in [1.29, 1.82) is 0 Å². The molecule has 2 aromatic carbocycles. The third-order valence-corrected chi connectivity index (χ3v) is 6.37. The Kier molecular flexibility index (Phi) is 11.0. The Labute approximate surface area is 233 Å². The van der Waals surface area contributed by atoms with Crippen molar-refractivity contribution in [3.8, 4) is 5.75 Å². The number of carbonyl (C=O) groups is 3. The third kappa shape index (κ3) is 9.30. The lowest BCUT2D eigenvalue weighted by atomic mass is 9.93. The van der Waals surface area contributed by atoms with Crippen molar-refractivity contribution in [2.45, 2.75) is 105 Å². The number of carbonyl (C=O) groups excluding carboxylic acids is 3. The normalized spacial score (nSPS) is 13.8. The lowest BCUT2D eigenvalue weighted by Crippen LogP contribution is -2.56. The number of phenolic OH excluding ortho intramolecular Hbond substituents is 1. The quantitative estimate of drug-likeness (QED) is 0.378. The van der Waals surface area contributed by atoms with Crippen LogP contribution in [-0.2, 0) is 20.7 Å². The molecule has 2 rings (SSSR count). The molecular weight excluding hydrogens is 494 g/mol. The van der Waals surface area contributed by atoms with E-state index in [1.54, 1.807) is 37.8 Å². The van der Waals surface area contributed by atoms with Crippen LogP contribution in [0.4, 0.5) is 4.79 Å². The Balaban J connectivity index is 2.64. The Hall–Kier alpha value is -3.55. The lowest BCUT2D eigenvalue weighted by molar-refractivity contribution is -0.145. The monoisotopic (exact) mass is 539 g/mol. The van der Waals surface area contributed by atoms with Gasteiger partial charge in [0.2, 0.25) is 11.8 Å². The molecule has 3 amide bonds. The number of hydrogen-bond donors (Lipinski definition) is 3. The van der Waals surface area contributed by atoms with Crippen molar-refractivity contribution in [3.63, 3.8) is 0 Å². The van der Waals surface area contributed by atoms with E-state index in [4.69, 9.17) is 4.74 Å². The van der Waals surface area contributed by atoms with E-state index in [0.29, 0.717) is 6.42 Å². The molecule has 0 aliphatic carbocycles. The molecule has 0 radical (unpaired) electrons. The maximum absolute atomic E-state index is 14.4. The van der Waals surface area contributed by atoms with E-state index in [-0.39, 0.29) is 30.2 Å². The summed E-state index contributed by atoms with van der Waals surface area (Å²) in [6, 6.07) is 9.97. The first kappa shape index (κ1) is 31.7. The molecule has 0 aliphatic rings. The first-order valence-electron chi connectivity index (χ1n) is 13.6. The van der Waals surface area contributed by atoms with Gasteiger partial charge in [-0.3, -0.25) is 9.59 Å². The van der Waals surface area contributed by atoms with Crippen LogP contribution in [0.2, 0.25) is 0 Å². The summed E-state index contributed by atoms with van der Waals surface area (Å²) in [6.07, 6.45) is 0.0236. The van der Waals surface area contributed by atoms with Crippen LogP contribution in [-0.4, -0.2) is 51.6 Å². The molecule has 0 fully saturated rings. The van der Waals surface area contributed by atoms with Crippen LogP contribution >= 0.6 is 0 Å². The smallest absolute Gasteiger partial charge is 0.408 e. The zero-order valence-electron chi connectivity index (χ0n) is 24.8. The fraction of sp³-hybridized carbons (Fsp3) is 0.516. The standard InChI is InChI=1S/C31H45N3O5/c1-10-22(6)34(27(28(36)32-19(2)3)25-17-20(4)11-12-21(25)5)29(37)26(33-30(38)39-31(7,8)9)18-23-13-15-24(35)16-14-23/h11-17,19,22,26-27,35H,10,18H2,1-9H3,(H,32,36)(H,33,38). The van der Waals surface area contributed by atoms with Crippen LogP contribution in [0.5, 0.6) is 5.75 Å². The largest absolute Gasteiger partial charge is 0.508 e. The van der Waals surface area contributed by atoms with Crippen LogP contribution in [0.3, 0.4) is 0 Å². The number of rotatable bonds is 10. The number of phenols is 1. The number of aromatic hydroxyl groups is 1. The number of nitrogens with zero attached hydrogens (tertiary/aromatic N) is 1. The number of aryl methyl sites for hydroxylation is 2. The Bertz CT molecular complexity index is 1140.